The van der Waals surface area contributed by atoms with E-state index in [1.165, 1.54) is 6.07 Å². The van der Waals surface area contributed by atoms with E-state index in [4.69, 9.17) is 16.3 Å². The van der Waals surface area contributed by atoms with Crippen LogP contribution in [0.1, 0.15) is 18.4 Å². The lowest BCUT2D eigenvalue weighted by Gasteiger charge is -2.33. The second-order valence-electron chi connectivity index (χ2n) is 5.81. The Morgan fingerprint density at radius 1 is 1.45 bits per heavy atom. The number of hydrogen-bond donors (Lipinski definition) is 2. The minimum atomic E-state index is -0.420. The van der Waals surface area contributed by atoms with E-state index in [1.807, 2.05) is 0 Å². The van der Waals surface area contributed by atoms with Crippen LogP contribution in [0.4, 0.5) is 4.39 Å². The number of ether oxygens (including phenoxy) is 1. The molecule has 0 spiro atoms. The average molecular weight is 331 g/mol. The van der Waals surface area contributed by atoms with Gasteiger partial charge < -0.3 is 20.1 Å². The zero-order valence-electron chi connectivity index (χ0n) is 12.9. The fourth-order valence-electron chi connectivity index (χ4n) is 2.77. The molecule has 0 radical (unpaired) electrons. The smallest absolute Gasteiger partial charge is 0.141 e. The number of piperidine rings is 1. The van der Waals surface area contributed by atoms with Crippen LogP contribution in [-0.2, 0) is 11.3 Å². The third-order valence-electron chi connectivity index (χ3n) is 3.99. The number of nitrogens with zero attached hydrogens (tertiary/aromatic N) is 1. The Labute approximate surface area is 136 Å². The largest absolute Gasteiger partial charge is 0.389 e. The first-order valence-corrected chi connectivity index (χ1v) is 8.03. The van der Waals surface area contributed by atoms with Gasteiger partial charge >= 0.3 is 0 Å². The fraction of sp³-hybridized carbons (Fsp3) is 0.625. The molecule has 4 nitrogen and oxygen atoms in total. The molecule has 22 heavy (non-hydrogen) atoms. The van der Waals surface area contributed by atoms with Crippen LogP contribution in [0.15, 0.2) is 18.2 Å². The Morgan fingerprint density at radius 2 is 2.18 bits per heavy atom. The quantitative estimate of drug-likeness (QED) is 0.803. The normalized spacial score (nSPS) is 18.5. The van der Waals surface area contributed by atoms with Gasteiger partial charge in [0.25, 0.3) is 0 Å². The lowest BCUT2D eigenvalue weighted by molar-refractivity contribution is 0.0310. The van der Waals surface area contributed by atoms with Crippen LogP contribution >= 0.6 is 11.6 Å². The predicted octanol–water partition coefficient (Wildman–Crippen LogP) is 2.04. The number of aliphatic hydroxyl groups is 1. The van der Waals surface area contributed by atoms with E-state index in [0.29, 0.717) is 25.7 Å². The minimum Gasteiger partial charge on any atom is -0.389 e. The summed E-state index contributed by atoms with van der Waals surface area (Å²) in [4.78, 5) is 2.26. The number of nitrogens with one attached hydrogen (secondary N) is 1. The molecule has 0 amide bonds. The lowest BCUT2D eigenvalue weighted by Crippen LogP contribution is -2.45. The molecule has 0 saturated carbocycles. The summed E-state index contributed by atoms with van der Waals surface area (Å²) in [5, 5.41) is 13.4. The van der Waals surface area contributed by atoms with Gasteiger partial charge in [0, 0.05) is 26.2 Å². The molecule has 1 aromatic carbocycles. The van der Waals surface area contributed by atoms with Crippen molar-refractivity contribution in [3.05, 3.63) is 34.6 Å². The zero-order chi connectivity index (χ0) is 15.9. The molecule has 1 aliphatic heterocycles. The number of methoxy groups -OCH3 is 1. The van der Waals surface area contributed by atoms with E-state index in [-0.39, 0.29) is 10.8 Å². The number of β-amino-alcohol motifs (C(OH)–C–C–N with tert-alkyl or cyclic N) is 1. The minimum absolute atomic E-state index is 0.168. The van der Waals surface area contributed by atoms with E-state index >= 15 is 0 Å². The molecule has 0 bridgehead atoms. The summed E-state index contributed by atoms with van der Waals surface area (Å²) in [6, 6.07) is 5.27. The van der Waals surface area contributed by atoms with Gasteiger partial charge in [-0.05, 0) is 43.6 Å². The van der Waals surface area contributed by atoms with Crippen LogP contribution in [0.2, 0.25) is 5.02 Å². The van der Waals surface area contributed by atoms with Crippen LogP contribution in [0.5, 0.6) is 0 Å². The van der Waals surface area contributed by atoms with Crippen molar-refractivity contribution in [2.45, 2.75) is 31.5 Å². The first-order valence-electron chi connectivity index (χ1n) is 7.65. The highest BCUT2D eigenvalue weighted by Crippen LogP contribution is 2.17. The molecular formula is C16H24ClFN2O2. The monoisotopic (exact) mass is 330 g/mol. The third-order valence-corrected chi connectivity index (χ3v) is 4.28. The van der Waals surface area contributed by atoms with E-state index in [2.05, 4.69) is 10.2 Å². The summed E-state index contributed by atoms with van der Waals surface area (Å²) in [6.45, 7) is 3.65. The molecule has 1 heterocycles. The maximum absolute atomic E-state index is 13.1. The SMILES string of the molecule is COCC(O)CN1CCC(NCc2ccc(F)c(Cl)c2)CC1. The Morgan fingerprint density at radius 3 is 2.82 bits per heavy atom. The van der Waals surface area contributed by atoms with E-state index in [9.17, 15) is 9.50 Å². The molecule has 6 heteroatoms. The van der Waals surface area contributed by atoms with Crippen molar-refractivity contribution in [2.75, 3.05) is 33.4 Å². The maximum atomic E-state index is 13.1. The topological polar surface area (TPSA) is 44.7 Å². The van der Waals surface area contributed by atoms with Crippen molar-refractivity contribution >= 4 is 11.6 Å². The first kappa shape index (κ1) is 17.6. The van der Waals surface area contributed by atoms with Crippen LogP contribution in [-0.4, -0.2) is 55.5 Å². The predicted molar refractivity (Wildman–Crippen MR) is 85.6 cm³/mol. The van der Waals surface area contributed by atoms with Crippen LogP contribution in [0, 0.1) is 5.82 Å². The van der Waals surface area contributed by atoms with Gasteiger partial charge in [-0.15, -0.1) is 0 Å². The molecule has 124 valence electrons. The van der Waals surface area contributed by atoms with Crippen molar-refractivity contribution in [2.24, 2.45) is 0 Å². The maximum Gasteiger partial charge on any atom is 0.141 e. The van der Waals surface area contributed by atoms with E-state index < -0.39 is 6.10 Å². The molecule has 1 unspecified atom stereocenters. The number of aliphatic hydroxyl groups excluding tert-OH is 1. The molecule has 2 N–H and O–H groups in total. The summed E-state index contributed by atoms with van der Waals surface area (Å²) < 4.78 is 18.1. The van der Waals surface area contributed by atoms with Crippen molar-refractivity contribution in [1.29, 1.82) is 0 Å². The summed E-state index contributed by atoms with van der Waals surface area (Å²) in [5.41, 5.74) is 0.990. The van der Waals surface area contributed by atoms with Crippen LogP contribution < -0.4 is 5.32 Å². The molecule has 1 aliphatic rings. The number of rotatable bonds is 7. The van der Waals surface area contributed by atoms with Gasteiger partial charge in [-0.3, -0.25) is 0 Å². The Bertz CT molecular complexity index is 467. The molecule has 2 rings (SSSR count). The second-order valence-corrected chi connectivity index (χ2v) is 6.22. The third kappa shape index (κ3) is 5.48. The van der Waals surface area contributed by atoms with Gasteiger partial charge in [-0.25, -0.2) is 4.39 Å². The summed E-state index contributed by atoms with van der Waals surface area (Å²) in [7, 11) is 1.60. The standard InChI is InChI=1S/C16H24ClFN2O2/c1-22-11-14(21)10-20-6-4-13(5-7-20)19-9-12-2-3-16(18)15(17)8-12/h2-3,8,13-14,19,21H,4-7,9-11H2,1H3. The molecule has 1 aromatic rings. The lowest BCUT2D eigenvalue weighted by atomic mass is 10.0. The first-order chi connectivity index (χ1) is 10.6. The zero-order valence-corrected chi connectivity index (χ0v) is 13.7. The van der Waals surface area contributed by atoms with Gasteiger partial charge in [0.15, 0.2) is 0 Å². The highest BCUT2D eigenvalue weighted by molar-refractivity contribution is 6.30. The number of likely N-dealkylation sites (tertiary alicyclic amines) is 1. The highest BCUT2D eigenvalue weighted by Gasteiger charge is 2.20. The summed E-state index contributed by atoms with van der Waals surface area (Å²) in [6.07, 6.45) is 1.65. The van der Waals surface area contributed by atoms with Crippen molar-refractivity contribution < 1.29 is 14.2 Å². The Balaban J connectivity index is 1.70. The Kier molecular flexibility index (Phi) is 7.05. The van der Waals surface area contributed by atoms with Gasteiger partial charge in [-0.1, -0.05) is 17.7 Å². The van der Waals surface area contributed by atoms with Gasteiger partial charge in [0.1, 0.15) is 5.82 Å². The number of hydrogen-bond acceptors (Lipinski definition) is 4. The highest BCUT2D eigenvalue weighted by atomic mass is 35.5. The summed E-state index contributed by atoms with van der Waals surface area (Å²) >= 11 is 5.79. The summed E-state index contributed by atoms with van der Waals surface area (Å²) in [5.74, 6) is -0.381. The Hall–Kier alpha value is -0.720. The van der Waals surface area contributed by atoms with E-state index in [0.717, 1.165) is 31.5 Å². The van der Waals surface area contributed by atoms with Crippen molar-refractivity contribution in [3.8, 4) is 0 Å². The molecule has 1 atom stereocenters. The van der Waals surface area contributed by atoms with Gasteiger partial charge in [-0.2, -0.15) is 0 Å². The number of benzene rings is 1. The van der Waals surface area contributed by atoms with Crippen molar-refractivity contribution in [1.82, 2.24) is 10.2 Å². The molecule has 0 aromatic heterocycles. The fourth-order valence-corrected chi connectivity index (χ4v) is 2.98. The average Bonchev–Trinajstić information content (AvgIpc) is 2.50. The van der Waals surface area contributed by atoms with Crippen LogP contribution in [0.25, 0.3) is 0 Å². The van der Waals surface area contributed by atoms with Gasteiger partial charge in [0.2, 0.25) is 0 Å². The van der Waals surface area contributed by atoms with Crippen molar-refractivity contribution in [3.63, 3.8) is 0 Å². The van der Waals surface area contributed by atoms with Gasteiger partial charge in [0.05, 0.1) is 17.7 Å². The van der Waals surface area contributed by atoms with Crippen LogP contribution in [0.3, 0.4) is 0 Å². The molecule has 1 fully saturated rings. The van der Waals surface area contributed by atoms with E-state index in [1.54, 1.807) is 19.2 Å². The number of halogens is 2. The molecule has 1 saturated heterocycles. The molecule has 0 aliphatic carbocycles. The second kappa shape index (κ2) is 8.79. The molecular weight excluding hydrogens is 307 g/mol.